The van der Waals surface area contributed by atoms with Gasteiger partial charge in [0.25, 0.3) is 0 Å². The highest BCUT2D eigenvalue weighted by Crippen LogP contribution is 2.44. The van der Waals surface area contributed by atoms with Crippen LogP contribution in [0.5, 0.6) is 0 Å². The molecule has 2 heterocycles. The van der Waals surface area contributed by atoms with E-state index in [0.717, 1.165) is 55.7 Å². The fraction of sp³-hybridized carbons (Fsp3) is 0.371. The Bertz CT molecular complexity index is 1850. The number of hydrogen-bond acceptors (Lipinski definition) is 5. The third-order valence-electron chi connectivity index (χ3n) is 7.13. The van der Waals surface area contributed by atoms with Crippen molar-refractivity contribution >= 4 is 55.8 Å². The minimum Gasteiger partial charge on any atom is -0.443 e. The Morgan fingerprint density at radius 1 is 0.786 bits per heavy atom. The van der Waals surface area contributed by atoms with Gasteiger partial charge in [-0.25, -0.2) is 18.7 Å². The van der Waals surface area contributed by atoms with Gasteiger partial charge in [-0.15, -0.1) is 0 Å². The highest BCUT2D eigenvalue weighted by molar-refractivity contribution is 6.23. The molecule has 7 heteroatoms. The van der Waals surface area contributed by atoms with Crippen LogP contribution >= 0.6 is 0 Å². The van der Waals surface area contributed by atoms with E-state index in [1.54, 1.807) is 9.13 Å². The molecule has 0 spiro atoms. The average Bonchev–Trinajstić information content (AvgIpc) is 3.38. The van der Waals surface area contributed by atoms with Crippen molar-refractivity contribution in [1.29, 1.82) is 0 Å². The smallest absolute Gasteiger partial charge is 0.419 e. The summed E-state index contributed by atoms with van der Waals surface area (Å²) in [4.78, 5) is 29.8. The molecule has 0 saturated heterocycles. The summed E-state index contributed by atoms with van der Waals surface area (Å²) in [7, 11) is 4.06. The number of carbonyl (C=O) groups is 2. The van der Waals surface area contributed by atoms with Gasteiger partial charge in [0.05, 0.1) is 22.1 Å². The minimum atomic E-state index is -0.678. The second-order valence-corrected chi connectivity index (χ2v) is 13.2. The first kappa shape index (κ1) is 29.4. The Labute approximate surface area is 247 Å². The van der Waals surface area contributed by atoms with Crippen molar-refractivity contribution in [2.75, 3.05) is 20.6 Å². The molecule has 1 unspecified atom stereocenters. The van der Waals surface area contributed by atoms with Crippen LogP contribution in [-0.2, 0) is 9.47 Å². The second kappa shape index (κ2) is 10.6. The van der Waals surface area contributed by atoms with Gasteiger partial charge in [0, 0.05) is 34.0 Å². The molecule has 1 atom stereocenters. The molecule has 220 valence electrons. The number of likely N-dealkylation sites (N-methyl/N-ethyl adjacent to an activating group) is 1. The fourth-order valence-corrected chi connectivity index (χ4v) is 5.63. The first-order valence-electron chi connectivity index (χ1n) is 14.5. The van der Waals surface area contributed by atoms with E-state index in [0.29, 0.717) is 0 Å². The number of aromatic nitrogens is 2. The molecular formula is C35H41N3O4. The van der Waals surface area contributed by atoms with Gasteiger partial charge in [-0.05, 0) is 79.4 Å². The van der Waals surface area contributed by atoms with E-state index < -0.39 is 23.4 Å². The van der Waals surface area contributed by atoms with E-state index in [4.69, 9.17) is 9.47 Å². The zero-order valence-corrected chi connectivity index (χ0v) is 26.1. The number of carbonyl (C=O) groups excluding carboxylic acids is 2. The molecule has 2 aromatic heterocycles. The third-order valence-corrected chi connectivity index (χ3v) is 7.13. The molecule has 0 aliphatic heterocycles. The van der Waals surface area contributed by atoms with Crippen LogP contribution in [0.4, 0.5) is 9.59 Å². The second-order valence-electron chi connectivity index (χ2n) is 13.2. The standard InChI is InChI=1S/C35H41N3O4/c1-22(15-14-20-36(8)9)29-30-24-17-11-13-19-27(24)37(32(39)41-34(2,3)4)28(30)21-25-23-16-10-12-18-26(23)38(31(25)29)33(40)42-35(5,6)7/h10-19,21-22H,20H2,1-9H3/b15-14+. The number of rotatable bonds is 4. The maximum Gasteiger partial charge on any atom is 0.419 e. The van der Waals surface area contributed by atoms with Gasteiger partial charge in [-0.3, -0.25) is 0 Å². The summed E-state index contributed by atoms with van der Waals surface area (Å²) < 4.78 is 15.3. The molecule has 0 fully saturated rings. The highest BCUT2D eigenvalue weighted by Gasteiger charge is 2.30. The maximum atomic E-state index is 13.9. The lowest BCUT2D eigenvalue weighted by atomic mass is 9.92. The lowest BCUT2D eigenvalue weighted by Gasteiger charge is -2.22. The van der Waals surface area contributed by atoms with Crippen LogP contribution in [0.3, 0.4) is 0 Å². The lowest BCUT2D eigenvalue weighted by Crippen LogP contribution is -2.27. The van der Waals surface area contributed by atoms with Crippen molar-refractivity contribution in [1.82, 2.24) is 14.0 Å². The summed E-state index contributed by atoms with van der Waals surface area (Å²) in [6.07, 6.45) is 3.44. The number of ether oxygens (including phenoxy) is 2. The lowest BCUT2D eigenvalue weighted by molar-refractivity contribution is 0.0539. The quantitative estimate of drug-likeness (QED) is 0.203. The topological polar surface area (TPSA) is 65.7 Å². The summed E-state index contributed by atoms with van der Waals surface area (Å²) in [5.74, 6) is -0.0976. The Hall–Kier alpha value is -4.10. The number of hydrogen-bond donors (Lipinski definition) is 0. The summed E-state index contributed by atoms with van der Waals surface area (Å²) in [5, 5.41) is 3.62. The zero-order valence-electron chi connectivity index (χ0n) is 26.1. The van der Waals surface area contributed by atoms with Gasteiger partial charge >= 0.3 is 12.2 Å². The van der Waals surface area contributed by atoms with Crippen LogP contribution in [0.2, 0.25) is 0 Å². The average molecular weight is 568 g/mol. The predicted octanol–water partition coefficient (Wildman–Crippen LogP) is 8.69. The van der Waals surface area contributed by atoms with E-state index in [1.807, 2.05) is 110 Å². The Balaban J connectivity index is 1.98. The van der Waals surface area contributed by atoms with Gasteiger partial charge in [0.15, 0.2) is 0 Å². The van der Waals surface area contributed by atoms with Crippen molar-refractivity contribution in [2.45, 2.75) is 65.6 Å². The molecular weight excluding hydrogens is 526 g/mol. The predicted molar refractivity (Wildman–Crippen MR) is 172 cm³/mol. The molecule has 3 aromatic carbocycles. The first-order chi connectivity index (χ1) is 19.7. The molecule has 0 saturated carbocycles. The van der Waals surface area contributed by atoms with Crippen molar-refractivity contribution < 1.29 is 19.1 Å². The van der Waals surface area contributed by atoms with Crippen LogP contribution in [0, 0.1) is 0 Å². The number of nitrogens with zero attached hydrogens (tertiary/aromatic N) is 3. The molecule has 7 nitrogen and oxygen atoms in total. The first-order valence-corrected chi connectivity index (χ1v) is 14.5. The van der Waals surface area contributed by atoms with Gasteiger partial charge < -0.3 is 14.4 Å². The van der Waals surface area contributed by atoms with Crippen molar-refractivity contribution in [3.05, 3.63) is 72.3 Å². The summed E-state index contributed by atoms with van der Waals surface area (Å²) in [6.45, 7) is 14.1. The van der Waals surface area contributed by atoms with Crippen molar-refractivity contribution in [2.24, 2.45) is 0 Å². The van der Waals surface area contributed by atoms with Gasteiger partial charge in [0.1, 0.15) is 11.2 Å². The molecule has 0 radical (unpaired) electrons. The Morgan fingerprint density at radius 3 is 1.88 bits per heavy atom. The van der Waals surface area contributed by atoms with Gasteiger partial charge in [-0.1, -0.05) is 55.5 Å². The van der Waals surface area contributed by atoms with Crippen LogP contribution in [-0.4, -0.2) is 58.1 Å². The van der Waals surface area contributed by atoms with E-state index >= 15 is 0 Å². The Morgan fingerprint density at radius 2 is 1.31 bits per heavy atom. The van der Waals surface area contributed by atoms with Crippen LogP contribution in [0.25, 0.3) is 43.6 Å². The molecule has 0 N–H and O–H groups in total. The minimum absolute atomic E-state index is 0.0976. The molecule has 5 rings (SSSR count). The fourth-order valence-electron chi connectivity index (χ4n) is 5.63. The summed E-state index contributed by atoms with van der Waals surface area (Å²) in [5.41, 5.74) is 2.65. The molecule has 0 aliphatic carbocycles. The number of fused-ring (bicyclic) bond motifs is 6. The van der Waals surface area contributed by atoms with Gasteiger partial charge in [0.2, 0.25) is 0 Å². The van der Waals surface area contributed by atoms with E-state index in [-0.39, 0.29) is 5.92 Å². The Kier molecular flexibility index (Phi) is 7.44. The number of para-hydroxylation sites is 2. The molecule has 0 bridgehead atoms. The van der Waals surface area contributed by atoms with Crippen LogP contribution in [0.1, 0.15) is 59.9 Å². The largest absolute Gasteiger partial charge is 0.443 e. The number of benzene rings is 3. The zero-order chi connectivity index (χ0) is 30.6. The summed E-state index contributed by atoms with van der Waals surface area (Å²) in [6, 6.07) is 17.8. The maximum absolute atomic E-state index is 13.9. The summed E-state index contributed by atoms with van der Waals surface area (Å²) >= 11 is 0. The SMILES string of the molecule is CC(/C=C/CN(C)C)c1c2c3ccccc3n(C(=O)OC(C)(C)C)c2cc2c3ccccc3n(C(=O)OC(C)(C)C)c12. The number of allylic oxidation sites excluding steroid dienone is 1. The highest BCUT2D eigenvalue weighted by atomic mass is 16.6. The molecule has 5 aromatic rings. The monoisotopic (exact) mass is 567 g/mol. The normalized spacial score (nSPS) is 13.7. The van der Waals surface area contributed by atoms with E-state index in [1.165, 1.54) is 0 Å². The van der Waals surface area contributed by atoms with Crippen LogP contribution in [0.15, 0.2) is 66.7 Å². The molecule has 0 amide bonds. The molecule has 0 aliphatic rings. The van der Waals surface area contributed by atoms with E-state index in [9.17, 15) is 9.59 Å². The van der Waals surface area contributed by atoms with Gasteiger partial charge in [-0.2, -0.15) is 0 Å². The molecule has 42 heavy (non-hydrogen) atoms. The van der Waals surface area contributed by atoms with Crippen molar-refractivity contribution in [3.63, 3.8) is 0 Å². The third kappa shape index (κ3) is 5.41. The van der Waals surface area contributed by atoms with Crippen LogP contribution < -0.4 is 0 Å². The van der Waals surface area contributed by atoms with Crippen molar-refractivity contribution in [3.8, 4) is 0 Å². The van der Waals surface area contributed by atoms with E-state index in [2.05, 4.69) is 24.0 Å².